The van der Waals surface area contributed by atoms with E-state index in [0.29, 0.717) is 16.9 Å². The minimum atomic E-state index is -1.11. The van der Waals surface area contributed by atoms with E-state index in [4.69, 9.17) is 23.7 Å². The number of imide groups is 1. The van der Waals surface area contributed by atoms with Gasteiger partial charge in [-0.25, -0.2) is 4.79 Å². The zero-order valence-corrected chi connectivity index (χ0v) is 26.9. The van der Waals surface area contributed by atoms with E-state index in [1.807, 2.05) is 73.7 Å². The lowest BCUT2D eigenvalue weighted by molar-refractivity contribution is -0.310. The van der Waals surface area contributed by atoms with E-state index in [-0.39, 0.29) is 19.1 Å². The Hall–Kier alpha value is -4.48. The molecule has 0 aromatic heterocycles. The van der Waals surface area contributed by atoms with Gasteiger partial charge in [-0.05, 0) is 40.1 Å². The summed E-state index contributed by atoms with van der Waals surface area (Å²) in [4.78, 5) is 42.7. The van der Waals surface area contributed by atoms with Gasteiger partial charge in [0.15, 0.2) is 12.4 Å². The van der Waals surface area contributed by atoms with E-state index in [0.717, 1.165) is 27.8 Å². The highest BCUT2D eigenvalue weighted by Crippen LogP contribution is 2.45. The van der Waals surface area contributed by atoms with Crippen LogP contribution in [-0.4, -0.2) is 71.6 Å². The van der Waals surface area contributed by atoms with Crippen LogP contribution in [0.15, 0.2) is 103 Å². The Morgan fingerprint density at radius 3 is 2.00 bits per heavy atom. The van der Waals surface area contributed by atoms with Crippen LogP contribution in [0.1, 0.15) is 56.5 Å². The number of amides is 2. The lowest BCUT2D eigenvalue weighted by Gasteiger charge is -2.50. The predicted molar refractivity (Wildman–Crippen MR) is 177 cm³/mol. The summed E-state index contributed by atoms with van der Waals surface area (Å²) in [6.45, 7) is 2.16. The van der Waals surface area contributed by atoms with Crippen LogP contribution in [0, 0.1) is 0 Å². The van der Waals surface area contributed by atoms with Crippen molar-refractivity contribution in [2.45, 2.75) is 48.9 Å². The first kappa shape index (κ1) is 30.8. The monoisotopic (exact) mass is 663 g/mol. The number of thioether (sulfide) groups is 1. The zero-order chi connectivity index (χ0) is 32.8. The lowest BCUT2D eigenvalue weighted by atomic mass is 9.95. The summed E-state index contributed by atoms with van der Waals surface area (Å²) in [6, 6.07) is 31.3. The SMILES string of the molecule is CCS[C@@H]1O[C@@H]2COC(c3ccccc3)O[C@H]2[C@H](OC(=O)OCC2c3ccccc3-c3ccccc32)[C@H]1N1C(=O)c2ccccc2C1=O. The standard InChI is InChI=1S/C38H33NO8S/c1-2-48-37-31(39-34(40)27-18-10-11-19-28(27)35(39)41)33(32-30(45-37)21-43-36(46-32)22-12-4-3-5-13-22)47-38(42)44-20-29-25-16-8-6-14-23(25)24-15-7-9-17-26(24)29/h3-19,29-33,36-37H,2,20-21H2,1H3/t30-,31-,32-,33-,36?,37+/m1/s1. The van der Waals surface area contributed by atoms with Crippen LogP contribution in [0.5, 0.6) is 0 Å². The molecule has 4 aliphatic rings. The second-order valence-electron chi connectivity index (χ2n) is 12.1. The number of hydrogen-bond donors (Lipinski definition) is 0. The molecule has 4 aromatic rings. The van der Waals surface area contributed by atoms with Gasteiger partial charge in [0.1, 0.15) is 30.3 Å². The number of carbonyl (C=O) groups excluding carboxylic acids is 3. The number of hydrogen-bond acceptors (Lipinski definition) is 9. The molecule has 2 fully saturated rings. The summed E-state index contributed by atoms with van der Waals surface area (Å²) in [5, 5.41) is 0. The minimum absolute atomic E-state index is 0.0472. The van der Waals surface area contributed by atoms with Gasteiger partial charge in [-0.15, -0.1) is 11.8 Å². The molecule has 0 saturated carbocycles. The number of carbonyl (C=O) groups is 3. The van der Waals surface area contributed by atoms with Gasteiger partial charge in [-0.1, -0.05) is 97.9 Å². The van der Waals surface area contributed by atoms with E-state index in [2.05, 4.69) is 12.1 Å². The van der Waals surface area contributed by atoms with Crippen molar-refractivity contribution >= 4 is 29.7 Å². The molecule has 2 amide bonds. The minimum Gasteiger partial charge on any atom is -0.433 e. The Bertz CT molecular complexity index is 1790. The number of ether oxygens (including phenoxy) is 5. The van der Waals surface area contributed by atoms with Gasteiger partial charge in [0.05, 0.1) is 17.7 Å². The predicted octanol–water partition coefficient (Wildman–Crippen LogP) is 6.58. The first-order valence-corrected chi connectivity index (χ1v) is 17.2. The number of fused-ring (bicyclic) bond motifs is 5. The van der Waals surface area contributed by atoms with Crippen LogP contribution < -0.4 is 0 Å². The molecular formula is C38H33NO8S. The Labute approximate surface area is 282 Å². The van der Waals surface area contributed by atoms with Crippen LogP contribution in [0.2, 0.25) is 0 Å². The molecule has 0 N–H and O–H groups in total. The second-order valence-corrected chi connectivity index (χ2v) is 13.4. The molecule has 48 heavy (non-hydrogen) atoms. The first-order chi connectivity index (χ1) is 23.5. The molecule has 0 spiro atoms. The van der Waals surface area contributed by atoms with Crippen LogP contribution >= 0.6 is 11.8 Å². The molecule has 3 aliphatic heterocycles. The normalized spacial score (nSPS) is 26.0. The Balaban J connectivity index is 1.11. The van der Waals surface area contributed by atoms with E-state index in [1.165, 1.54) is 16.7 Å². The molecule has 1 aliphatic carbocycles. The second kappa shape index (κ2) is 12.9. The molecule has 0 bridgehead atoms. The smallest absolute Gasteiger partial charge is 0.433 e. The zero-order valence-electron chi connectivity index (χ0n) is 26.1. The number of benzene rings is 4. The van der Waals surface area contributed by atoms with Gasteiger partial charge < -0.3 is 23.7 Å². The van der Waals surface area contributed by atoms with E-state index in [9.17, 15) is 14.4 Å². The Morgan fingerprint density at radius 2 is 1.38 bits per heavy atom. The van der Waals surface area contributed by atoms with Gasteiger partial charge in [-0.2, -0.15) is 0 Å². The van der Waals surface area contributed by atoms with Crippen molar-refractivity contribution in [1.82, 2.24) is 4.90 Å². The van der Waals surface area contributed by atoms with Gasteiger partial charge >= 0.3 is 6.16 Å². The molecule has 244 valence electrons. The molecule has 6 atom stereocenters. The van der Waals surface area contributed by atoms with Crippen LogP contribution in [0.25, 0.3) is 11.1 Å². The summed E-state index contributed by atoms with van der Waals surface area (Å²) in [5.41, 5.74) is 4.99. The molecule has 3 heterocycles. The van der Waals surface area contributed by atoms with Crippen molar-refractivity contribution in [2.75, 3.05) is 19.0 Å². The lowest BCUT2D eigenvalue weighted by Crippen LogP contribution is -2.67. The molecule has 0 radical (unpaired) electrons. The third-order valence-corrected chi connectivity index (χ3v) is 10.4. The molecule has 9 nitrogen and oxygen atoms in total. The van der Waals surface area contributed by atoms with Crippen LogP contribution in [0.3, 0.4) is 0 Å². The molecule has 1 unspecified atom stereocenters. The van der Waals surface area contributed by atoms with Crippen molar-refractivity contribution in [3.8, 4) is 11.1 Å². The maximum absolute atomic E-state index is 13.9. The van der Waals surface area contributed by atoms with Gasteiger partial charge in [0.2, 0.25) is 0 Å². The highest BCUT2D eigenvalue weighted by atomic mass is 32.2. The summed E-state index contributed by atoms with van der Waals surface area (Å²) in [5.74, 6) is -0.507. The number of rotatable bonds is 7. The summed E-state index contributed by atoms with van der Waals surface area (Å²) in [7, 11) is 0. The fourth-order valence-corrected chi connectivity index (χ4v) is 8.29. The average molecular weight is 664 g/mol. The average Bonchev–Trinajstić information content (AvgIpc) is 3.58. The van der Waals surface area contributed by atoms with E-state index < -0.39 is 54.0 Å². The quantitative estimate of drug-likeness (QED) is 0.160. The van der Waals surface area contributed by atoms with Crippen LogP contribution in [0.4, 0.5) is 4.79 Å². The van der Waals surface area contributed by atoms with E-state index >= 15 is 0 Å². The summed E-state index contributed by atoms with van der Waals surface area (Å²) in [6.07, 6.45) is -4.31. The van der Waals surface area contributed by atoms with Crippen LogP contribution in [-0.2, 0) is 23.7 Å². The molecule has 4 aromatic carbocycles. The van der Waals surface area contributed by atoms with Crippen molar-refractivity contribution in [3.05, 3.63) is 131 Å². The fourth-order valence-electron chi connectivity index (χ4n) is 7.26. The largest absolute Gasteiger partial charge is 0.508 e. The van der Waals surface area contributed by atoms with E-state index in [1.54, 1.807) is 24.3 Å². The third kappa shape index (κ3) is 5.29. The maximum Gasteiger partial charge on any atom is 0.508 e. The molecular weight excluding hydrogens is 630 g/mol. The summed E-state index contributed by atoms with van der Waals surface area (Å²) >= 11 is 1.42. The topological polar surface area (TPSA) is 101 Å². The first-order valence-electron chi connectivity index (χ1n) is 16.1. The molecule has 10 heteroatoms. The summed E-state index contributed by atoms with van der Waals surface area (Å²) < 4.78 is 31.1. The van der Waals surface area contributed by atoms with Crippen molar-refractivity contribution in [1.29, 1.82) is 0 Å². The van der Waals surface area contributed by atoms with Crippen molar-refractivity contribution in [2.24, 2.45) is 0 Å². The van der Waals surface area contributed by atoms with Gasteiger partial charge in [-0.3, -0.25) is 14.5 Å². The third-order valence-electron chi connectivity index (χ3n) is 9.40. The van der Waals surface area contributed by atoms with Crippen molar-refractivity contribution < 1.29 is 38.1 Å². The van der Waals surface area contributed by atoms with Gasteiger partial charge in [0, 0.05) is 11.5 Å². The molecule has 8 rings (SSSR count). The highest BCUT2D eigenvalue weighted by molar-refractivity contribution is 7.99. The number of nitrogens with zero attached hydrogens (tertiary/aromatic N) is 1. The Morgan fingerprint density at radius 1 is 0.792 bits per heavy atom. The van der Waals surface area contributed by atoms with Crippen molar-refractivity contribution in [3.63, 3.8) is 0 Å². The van der Waals surface area contributed by atoms with Gasteiger partial charge in [0.25, 0.3) is 11.8 Å². The fraction of sp³-hybridized carbons (Fsp3) is 0.289. The molecule has 2 saturated heterocycles. The Kier molecular flexibility index (Phi) is 8.25. The highest BCUT2D eigenvalue weighted by Gasteiger charge is 2.57. The maximum atomic E-state index is 13.9.